The highest BCUT2D eigenvalue weighted by molar-refractivity contribution is 5.02. The average molecular weight is 198 g/mol. The molecule has 0 aliphatic rings. The minimum Gasteiger partial charge on any atom is -0.468 e. The molecule has 0 unspecified atom stereocenters. The van der Waals surface area contributed by atoms with Gasteiger partial charge in [0, 0.05) is 6.04 Å². The van der Waals surface area contributed by atoms with Gasteiger partial charge < -0.3 is 15.9 Å². The molecule has 0 radical (unpaired) electrons. The summed E-state index contributed by atoms with van der Waals surface area (Å²) in [5.74, 6) is 0.873. The van der Waals surface area contributed by atoms with Crippen LogP contribution in [0.1, 0.15) is 45.4 Å². The van der Waals surface area contributed by atoms with Crippen LogP contribution >= 0.6 is 0 Å². The van der Waals surface area contributed by atoms with Crippen molar-refractivity contribution in [2.24, 2.45) is 11.5 Å². The van der Waals surface area contributed by atoms with Gasteiger partial charge >= 0.3 is 0 Å². The SMILES string of the molecule is CC[C@@H](N)c1ccco1.CC[C@H](C)N. The summed E-state index contributed by atoms with van der Waals surface area (Å²) >= 11 is 0. The van der Waals surface area contributed by atoms with Gasteiger partial charge in [-0.2, -0.15) is 0 Å². The van der Waals surface area contributed by atoms with E-state index in [1.165, 1.54) is 0 Å². The van der Waals surface area contributed by atoms with Gasteiger partial charge in [0.2, 0.25) is 0 Å². The molecule has 3 nitrogen and oxygen atoms in total. The van der Waals surface area contributed by atoms with Crippen LogP contribution in [0.25, 0.3) is 0 Å². The molecule has 0 saturated heterocycles. The van der Waals surface area contributed by atoms with Crippen molar-refractivity contribution in [3.63, 3.8) is 0 Å². The molecular weight excluding hydrogens is 176 g/mol. The van der Waals surface area contributed by atoms with Crippen LogP contribution in [0, 0.1) is 0 Å². The van der Waals surface area contributed by atoms with E-state index in [0.717, 1.165) is 18.6 Å². The van der Waals surface area contributed by atoms with Crippen molar-refractivity contribution in [1.29, 1.82) is 0 Å². The third kappa shape index (κ3) is 5.78. The zero-order valence-corrected chi connectivity index (χ0v) is 9.36. The van der Waals surface area contributed by atoms with Gasteiger partial charge in [-0.1, -0.05) is 13.8 Å². The average Bonchev–Trinajstić information content (AvgIpc) is 2.70. The number of hydrogen-bond donors (Lipinski definition) is 2. The number of rotatable bonds is 3. The molecule has 0 spiro atoms. The van der Waals surface area contributed by atoms with Crippen LogP contribution in [0.5, 0.6) is 0 Å². The number of furan rings is 1. The number of hydrogen-bond acceptors (Lipinski definition) is 3. The van der Waals surface area contributed by atoms with Gasteiger partial charge in [-0.25, -0.2) is 0 Å². The molecule has 14 heavy (non-hydrogen) atoms. The maximum absolute atomic E-state index is 5.64. The molecule has 0 amide bonds. The number of nitrogens with two attached hydrogens (primary N) is 2. The van der Waals surface area contributed by atoms with E-state index in [9.17, 15) is 0 Å². The molecule has 4 N–H and O–H groups in total. The zero-order chi connectivity index (χ0) is 11.0. The first-order valence-electron chi connectivity index (χ1n) is 5.16. The second-order valence-corrected chi connectivity index (χ2v) is 3.42. The minimum atomic E-state index is 0.0694. The standard InChI is InChI=1S/C7H11NO.C4H11N/c1-2-6(8)7-4-3-5-9-7;1-3-4(2)5/h3-6H,2,8H2,1H3;4H,3,5H2,1-2H3/t6-;4-/m10/s1. The highest BCUT2D eigenvalue weighted by Crippen LogP contribution is 2.12. The predicted octanol–water partition coefficient (Wildman–Crippen LogP) is 2.43. The predicted molar refractivity (Wildman–Crippen MR) is 59.9 cm³/mol. The Hall–Kier alpha value is -0.800. The lowest BCUT2D eigenvalue weighted by molar-refractivity contribution is 0.460. The van der Waals surface area contributed by atoms with Gasteiger partial charge in [0.15, 0.2) is 0 Å². The van der Waals surface area contributed by atoms with E-state index >= 15 is 0 Å². The Morgan fingerprint density at radius 2 is 1.86 bits per heavy atom. The summed E-state index contributed by atoms with van der Waals surface area (Å²) in [6, 6.07) is 4.20. The molecule has 0 aromatic carbocycles. The smallest absolute Gasteiger partial charge is 0.120 e. The molecule has 1 heterocycles. The van der Waals surface area contributed by atoms with Crippen molar-refractivity contribution in [1.82, 2.24) is 0 Å². The fourth-order valence-corrected chi connectivity index (χ4v) is 0.703. The fourth-order valence-electron chi connectivity index (χ4n) is 0.703. The summed E-state index contributed by atoms with van der Waals surface area (Å²) < 4.78 is 5.06. The monoisotopic (exact) mass is 198 g/mol. The molecule has 0 saturated carbocycles. The van der Waals surface area contributed by atoms with E-state index in [1.807, 2.05) is 26.0 Å². The summed E-state index contributed by atoms with van der Waals surface area (Å²) in [6.07, 6.45) is 3.65. The summed E-state index contributed by atoms with van der Waals surface area (Å²) in [6.45, 7) is 6.11. The fraction of sp³-hybridized carbons (Fsp3) is 0.636. The quantitative estimate of drug-likeness (QED) is 0.784. The lowest BCUT2D eigenvalue weighted by Crippen LogP contribution is -2.11. The first-order valence-corrected chi connectivity index (χ1v) is 5.16. The van der Waals surface area contributed by atoms with Crippen LogP contribution in [0.4, 0.5) is 0 Å². The topological polar surface area (TPSA) is 65.2 Å². The molecule has 0 bridgehead atoms. The van der Waals surface area contributed by atoms with E-state index in [1.54, 1.807) is 6.26 Å². The molecule has 1 rings (SSSR count). The van der Waals surface area contributed by atoms with Crippen molar-refractivity contribution >= 4 is 0 Å². The Bertz CT molecular complexity index is 207. The van der Waals surface area contributed by atoms with Crippen molar-refractivity contribution in [2.45, 2.75) is 45.7 Å². The first-order chi connectivity index (χ1) is 6.61. The van der Waals surface area contributed by atoms with Crippen LogP contribution in [0.15, 0.2) is 22.8 Å². The molecule has 0 fully saturated rings. The van der Waals surface area contributed by atoms with Crippen LogP contribution in [0.2, 0.25) is 0 Å². The highest BCUT2D eigenvalue weighted by atomic mass is 16.3. The second-order valence-electron chi connectivity index (χ2n) is 3.42. The third-order valence-electron chi connectivity index (χ3n) is 1.99. The van der Waals surface area contributed by atoms with Crippen molar-refractivity contribution < 1.29 is 4.42 Å². The Morgan fingerprint density at radius 1 is 1.29 bits per heavy atom. The minimum absolute atomic E-state index is 0.0694. The van der Waals surface area contributed by atoms with Crippen LogP contribution < -0.4 is 11.5 Å². The van der Waals surface area contributed by atoms with Crippen LogP contribution in [-0.4, -0.2) is 6.04 Å². The van der Waals surface area contributed by atoms with Crippen molar-refractivity contribution in [3.8, 4) is 0 Å². The summed E-state index contributed by atoms with van der Waals surface area (Å²) in [4.78, 5) is 0. The first kappa shape index (κ1) is 13.2. The molecule has 82 valence electrons. The van der Waals surface area contributed by atoms with E-state index in [2.05, 4.69) is 6.92 Å². The van der Waals surface area contributed by atoms with Gasteiger partial charge in [-0.05, 0) is 31.9 Å². The highest BCUT2D eigenvalue weighted by Gasteiger charge is 2.03. The molecule has 3 heteroatoms. The summed E-state index contributed by atoms with van der Waals surface area (Å²) in [7, 11) is 0. The maximum atomic E-state index is 5.64. The van der Waals surface area contributed by atoms with E-state index in [4.69, 9.17) is 15.9 Å². The summed E-state index contributed by atoms with van der Waals surface area (Å²) in [5, 5.41) is 0. The van der Waals surface area contributed by atoms with Gasteiger partial charge in [-0.15, -0.1) is 0 Å². The van der Waals surface area contributed by atoms with Crippen molar-refractivity contribution in [2.75, 3.05) is 0 Å². The normalized spacial score (nSPS) is 14.1. The van der Waals surface area contributed by atoms with Gasteiger partial charge in [0.25, 0.3) is 0 Å². The molecule has 0 aliphatic carbocycles. The van der Waals surface area contributed by atoms with E-state index in [-0.39, 0.29) is 6.04 Å². The zero-order valence-electron chi connectivity index (χ0n) is 9.36. The Labute approximate surface area is 86.5 Å². The Balaban J connectivity index is 0.000000292. The van der Waals surface area contributed by atoms with Crippen LogP contribution in [0.3, 0.4) is 0 Å². The molecule has 0 aliphatic heterocycles. The van der Waals surface area contributed by atoms with Crippen LogP contribution in [-0.2, 0) is 0 Å². The summed E-state index contributed by atoms with van der Waals surface area (Å²) in [5.41, 5.74) is 10.9. The third-order valence-corrected chi connectivity index (χ3v) is 1.99. The van der Waals surface area contributed by atoms with E-state index in [0.29, 0.717) is 6.04 Å². The van der Waals surface area contributed by atoms with Gasteiger partial charge in [0.05, 0.1) is 12.3 Å². The lowest BCUT2D eigenvalue weighted by atomic mass is 10.2. The van der Waals surface area contributed by atoms with Crippen molar-refractivity contribution in [3.05, 3.63) is 24.2 Å². The Morgan fingerprint density at radius 3 is 2.14 bits per heavy atom. The maximum Gasteiger partial charge on any atom is 0.120 e. The largest absolute Gasteiger partial charge is 0.468 e. The Kier molecular flexibility index (Phi) is 7.16. The second kappa shape index (κ2) is 7.59. The van der Waals surface area contributed by atoms with Gasteiger partial charge in [-0.3, -0.25) is 0 Å². The molecule has 1 aromatic heterocycles. The van der Waals surface area contributed by atoms with Gasteiger partial charge in [0.1, 0.15) is 5.76 Å². The lowest BCUT2D eigenvalue weighted by Gasteiger charge is -2.01. The molecule has 1 aromatic rings. The van der Waals surface area contributed by atoms with E-state index < -0.39 is 0 Å². The molecular formula is C11H22N2O. The molecule has 2 atom stereocenters.